The molecule has 0 fully saturated rings. The summed E-state index contributed by atoms with van der Waals surface area (Å²) in [5.74, 6) is -0.938. The van der Waals surface area contributed by atoms with Crippen molar-refractivity contribution >= 4 is 17.9 Å². The topological polar surface area (TPSA) is 78.9 Å². The molecule has 0 bridgehead atoms. The Balaban J connectivity index is 4.44. The fourth-order valence-electron chi connectivity index (χ4n) is 7.52. The number of carbonyl (C=O) groups is 3. The van der Waals surface area contributed by atoms with Crippen LogP contribution in [-0.2, 0) is 28.6 Å². The van der Waals surface area contributed by atoms with Gasteiger partial charge in [0.05, 0.1) is 0 Å². The number of esters is 3. The van der Waals surface area contributed by atoms with E-state index < -0.39 is 6.10 Å². The van der Waals surface area contributed by atoms with Crippen molar-refractivity contribution in [1.29, 1.82) is 0 Å². The van der Waals surface area contributed by atoms with Gasteiger partial charge in [0.25, 0.3) is 0 Å². The second kappa shape index (κ2) is 54.2. The van der Waals surface area contributed by atoms with Crippen LogP contribution in [0.4, 0.5) is 0 Å². The molecule has 1 unspecified atom stereocenters. The highest BCUT2D eigenvalue weighted by atomic mass is 16.6. The summed E-state index contributed by atoms with van der Waals surface area (Å²) < 4.78 is 16.8. The van der Waals surface area contributed by atoms with E-state index in [9.17, 15) is 14.4 Å². The monoisotopic (exact) mass is 919 g/mol. The van der Waals surface area contributed by atoms with Crippen molar-refractivity contribution in [3.05, 3.63) is 85.1 Å². The quantitative estimate of drug-likeness (QED) is 0.0199. The first-order valence-electron chi connectivity index (χ1n) is 27.6. The van der Waals surface area contributed by atoms with Crippen LogP contribution in [0, 0.1) is 0 Å². The number of allylic oxidation sites excluding steroid dienone is 14. The zero-order chi connectivity index (χ0) is 47.9. The Morgan fingerprint density at radius 1 is 0.333 bits per heavy atom. The van der Waals surface area contributed by atoms with Crippen LogP contribution in [0.2, 0.25) is 0 Å². The molecule has 0 heterocycles. The van der Waals surface area contributed by atoms with Gasteiger partial charge in [-0.15, -0.1) is 0 Å². The molecule has 0 aliphatic heterocycles. The van der Waals surface area contributed by atoms with Crippen LogP contribution in [0.25, 0.3) is 0 Å². The summed E-state index contributed by atoms with van der Waals surface area (Å²) in [5, 5.41) is 0. The first-order valence-corrected chi connectivity index (χ1v) is 27.6. The Labute approximate surface area is 407 Å². The number of hydrogen-bond donors (Lipinski definition) is 0. The third-order valence-corrected chi connectivity index (χ3v) is 11.7. The lowest BCUT2D eigenvalue weighted by atomic mass is 10.1. The summed E-state index contributed by atoms with van der Waals surface area (Å²) in [6.45, 7) is 6.48. The highest BCUT2D eigenvalue weighted by molar-refractivity contribution is 5.71. The van der Waals surface area contributed by atoms with E-state index in [1.165, 1.54) is 103 Å². The van der Waals surface area contributed by atoms with Crippen molar-refractivity contribution in [3.8, 4) is 0 Å². The van der Waals surface area contributed by atoms with Gasteiger partial charge in [-0.2, -0.15) is 0 Å². The van der Waals surface area contributed by atoms with Gasteiger partial charge < -0.3 is 14.2 Å². The molecule has 0 rings (SSSR count). The van der Waals surface area contributed by atoms with Crippen LogP contribution >= 0.6 is 0 Å². The van der Waals surface area contributed by atoms with Gasteiger partial charge in [0.2, 0.25) is 0 Å². The number of ether oxygens (including phenoxy) is 3. The van der Waals surface area contributed by atoms with Crippen molar-refractivity contribution in [2.75, 3.05) is 13.2 Å². The molecule has 0 aliphatic carbocycles. The van der Waals surface area contributed by atoms with E-state index in [4.69, 9.17) is 14.2 Å². The highest BCUT2D eigenvalue weighted by Gasteiger charge is 2.19. The lowest BCUT2D eigenvalue weighted by Crippen LogP contribution is -2.30. The smallest absolute Gasteiger partial charge is 0.306 e. The van der Waals surface area contributed by atoms with Gasteiger partial charge in [-0.1, -0.05) is 234 Å². The molecule has 0 aromatic carbocycles. The fraction of sp³-hybridized carbons (Fsp3) is 0.717. The van der Waals surface area contributed by atoms with E-state index >= 15 is 0 Å². The average molecular weight is 919 g/mol. The van der Waals surface area contributed by atoms with Gasteiger partial charge in [-0.25, -0.2) is 0 Å². The van der Waals surface area contributed by atoms with Crippen molar-refractivity contribution in [2.24, 2.45) is 0 Å². The SMILES string of the molecule is CC/C=C\C/C=C\C/C=C\C/C=C\C/C=C\CCCCCC(=O)OCC(COC(=O)CCCCCCCCCCCCC)OC(=O)CCCCCCC/C=C\C=C/CCCCCCCCC. The standard InChI is InChI=1S/C60H102O6/c1-4-7-10-13-16-19-22-24-26-28-30-32-33-35-38-41-44-47-50-53-59(62)65-56-57(55-64-58(61)52-49-46-43-40-37-21-18-15-12-9-6-3)66-60(63)54-51-48-45-42-39-36-34-31-29-27-25-23-20-17-14-11-8-5-2/h7,10,16,19,24,26-27,29-32,34-35,38,57H,4-6,8-9,11-15,17-18,20-23,25,28,33,36-37,39-56H2,1-3H3/b10-7-,19-16-,26-24-,29-27-,32-30-,34-31-,38-35-. The zero-order valence-corrected chi connectivity index (χ0v) is 43.2. The van der Waals surface area contributed by atoms with Crippen LogP contribution in [0.1, 0.15) is 258 Å². The van der Waals surface area contributed by atoms with Crippen molar-refractivity contribution < 1.29 is 28.6 Å². The Hall–Kier alpha value is -3.41. The summed E-state index contributed by atoms with van der Waals surface area (Å²) in [6, 6.07) is 0. The molecule has 378 valence electrons. The Morgan fingerprint density at radius 2 is 0.636 bits per heavy atom. The number of unbranched alkanes of at least 4 members (excludes halogenated alkanes) is 25. The van der Waals surface area contributed by atoms with E-state index in [0.29, 0.717) is 19.3 Å². The maximum absolute atomic E-state index is 12.8. The second-order valence-electron chi connectivity index (χ2n) is 18.1. The normalized spacial score (nSPS) is 12.7. The predicted molar refractivity (Wildman–Crippen MR) is 284 cm³/mol. The Bertz CT molecular complexity index is 1290. The third kappa shape index (κ3) is 51.6. The van der Waals surface area contributed by atoms with E-state index in [1.807, 2.05) is 0 Å². The molecule has 0 amide bonds. The summed E-state index contributed by atoms with van der Waals surface area (Å²) in [6.07, 6.45) is 70.0. The van der Waals surface area contributed by atoms with Crippen LogP contribution < -0.4 is 0 Å². The highest BCUT2D eigenvalue weighted by Crippen LogP contribution is 2.14. The van der Waals surface area contributed by atoms with Crippen molar-refractivity contribution in [1.82, 2.24) is 0 Å². The van der Waals surface area contributed by atoms with E-state index in [0.717, 1.165) is 116 Å². The summed E-state index contributed by atoms with van der Waals surface area (Å²) in [7, 11) is 0. The third-order valence-electron chi connectivity index (χ3n) is 11.7. The molecule has 6 heteroatoms. The van der Waals surface area contributed by atoms with Crippen molar-refractivity contribution in [3.63, 3.8) is 0 Å². The lowest BCUT2D eigenvalue weighted by molar-refractivity contribution is -0.167. The first-order chi connectivity index (χ1) is 32.5. The van der Waals surface area contributed by atoms with Gasteiger partial charge in [-0.05, 0) is 89.9 Å². The number of rotatable bonds is 49. The minimum absolute atomic E-state index is 0.0923. The van der Waals surface area contributed by atoms with Gasteiger partial charge >= 0.3 is 17.9 Å². The molecule has 0 spiro atoms. The molecule has 6 nitrogen and oxygen atoms in total. The van der Waals surface area contributed by atoms with Gasteiger partial charge in [0.15, 0.2) is 6.10 Å². The van der Waals surface area contributed by atoms with Crippen LogP contribution in [0.5, 0.6) is 0 Å². The zero-order valence-electron chi connectivity index (χ0n) is 43.2. The first kappa shape index (κ1) is 62.6. The molecule has 0 saturated heterocycles. The van der Waals surface area contributed by atoms with Gasteiger partial charge in [0, 0.05) is 19.3 Å². The van der Waals surface area contributed by atoms with Crippen LogP contribution in [0.15, 0.2) is 85.1 Å². The maximum Gasteiger partial charge on any atom is 0.306 e. The molecular formula is C60H102O6. The van der Waals surface area contributed by atoms with Gasteiger partial charge in [-0.3, -0.25) is 14.4 Å². The summed E-state index contributed by atoms with van der Waals surface area (Å²) in [4.78, 5) is 38.0. The molecule has 0 aromatic heterocycles. The molecule has 0 N–H and O–H groups in total. The van der Waals surface area contributed by atoms with Crippen molar-refractivity contribution in [2.45, 2.75) is 264 Å². The molecule has 0 saturated carbocycles. The second-order valence-corrected chi connectivity index (χ2v) is 18.1. The molecular weight excluding hydrogens is 817 g/mol. The summed E-state index contributed by atoms with van der Waals surface area (Å²) >= 11 is 0. The fourth-order valence-corrected chi connectivity index (χ4v) is 7.52. The average Bonchev–Trinajstić information content (AvgIpc) is 3.31. The van der Waals surface area contributed by atoms with E-state index in [-0.39, 0.29) is 31.1 Å². The molecule has 0 aromatic rings. The maximum atomic E-state index is 12.8. The van der Waals surface area contributed by atoms with Crippen LogP contribution in [-0.4, -0.2) is 37.2 Å². The minimum atomic E-state index is -0.797. The summed E-state index contributed by atoms with van der Waals surface area (Å²) in [5.41, 5.74) is 0. The number of hydrogen-bond acceptors (Lipinski definition) is 6. The molecule has 1 atom stereocenters. The predicted octanol–water partition coefficient (Wildman–Crippen LogP) is 18.4. The van der Waals surface area contributed by atoms with E-state index in [1.54, 1.807) is 0 Å². The Morgan fingerprint density at radius 3 is 1.03 bits per heavy atom. The number of carbonyl (C=O) groups excluding carboxylic acids is 3. The molecule has 0 aliphatic rings. The lowest BCUT2D eigenvalue weighted by Gasteiger charge is -2.18. The minimum Gasteiger partial charge on any atom is -0.462 e. The van der Waals surface area contributed by atoms with Gasteiger partial charge in [0.1, 0.15) is 13.2 Å². The molecule has 66 heavy (non-hydrogen) atoms. The Kier molecular flexibility index (Phi) is 51.4. The van der Waals surface area contributed by atoms with E-state index in [2.05, 4.69) is 106 Å². The molecule has 0 radical (unpaired) electrons. The largest absolute Gasteiger partial charge is 0.462 e. The van der Waals surface area contributed by atoms with Crippen LogP contribution in [0.3, 0.4) is 0 Å².